The van der Waals surface area contributed by atoms with Crippen molar-refractivity contribution in [2.45, 2.75) is 44.9 Å². The van der Waals surface area contributed by atoms with E-state index in [-0.39, 0.29) is 48.3 Å². The zero-order valence-electron chi connectivity index (χ0n) is 23.4. The van der Waals surface area contributed by atoms with Gasteiger partial charge in [0.2, 0.25) is 0 Å². The number of alkyl halides is 3. The summed E-state index contributed by atoms with van der Waals surface area (Å²) in [7, 11) is 0. The summed E-state index contributed by atoms with van der Waals surface area (Å²) >= 11 is 5.65. The zero-order chi connectivity index (χ0) is 29.2. The highest BCUT2D eigenvalue weighted by Crippen LogP contribution is 2.40. The first kappa shape index (κ1) is 35.5. The number of nitrogens with zero attached hydrogens (tertiary/aromatic N) is 4. The van der Waals surface area contributed by atoms with Gasteiger partial charge >= 0.3 is 6.18 Å². The van der Waals surface area contributed by atoms with Gasteiger partial charge in [-0.25, -0.2) is 0 Å². The Bertz CT molecular complexity index is 1340. The Morgan fingerprint density at radius 3 is 2.50 bits per heavy atom. The lowest BCUT2D eigenvalue weighted by Crippen LogP contribution is -2.53. The molecule has 2 heterocycles. The first-order chi connectivity index (χ1) is 18.9. The van der Waals surface area contributed by atoms with E-state index in [1.165, 1.54) is 6.07 Å². The summed E-state index contributed by atoms with van der Waals surface area (Å²) in [5.74, 6) is 0.207. The lowest BCUT2D eigenvalue weighted by molar-refractivity contribution is -0.137. The number of hydrogen-bond donors (Lipinski definition) is 2. The Labute approximate surface area is 261 Å². The molecule has 0 radical (unpaired) electrons. The molecule has 1 amide bonds. The van der Waals surface area contributed by atoms with Crippen molar-refractivity contribution in [3.05, 3.63) is 53.1 Å². The number of ether oxygens (including phenoxy) is 1. The van der Waals surface area contributed by atoms with Crippen molar-refractivity contribution < 1.29 is 27.8 Å². The number of carbonyl (C=O) groups is 1. The number of hydrogen-bond acceptors (Lipinski definition) is 7. The number of anilines is 2. The zero-order valence-corrected chi connectivity index (χ0v) is 25.9. The van der Waals surface area contributed by atoms with Crippen LogP contribution in [0, 0.1) is 11.3 Å². The molecule has 2 aliphatic heterocycles. The van der Waals surface area contributed by atoms with E-state index >= 15 is 0 Å². The van der Waals surface area contributed by atoms with Crippen LogP contribution in [-0.2, 0) is 17.4 Å². The number of aryl methyl sites for hydroxylation is 1. The second kappa shape index (κ2) is 14.2. The third-order valence-corrected chi connectivity index (χ3v) is 7.72. The number of halogens is 5. The van der Waals surface area contributed by atoms with E-state index in [1.54, 1.807) is 30.9 Å². The maximum atomic E-state index is 13.6. The van der Waals surface area contributed by atoms with Crippen molar-refractivity contribution in [3.8, 4) is 11.8 Å². The smallest absolute Gasteiger partial charge is 0.417 e. The fourth-order valence-electron chi connectivity index (χ4n) is 5.13. The van der Waals surface area contributed by atoms with E-state index in [1.807, 2.05) is 19.1 Å². The van der Waals surface area contributed by atoms with Gasteiger partial charge in [0.25, 0.3) is 5.91 Å². The fraction of sp³-hybridized carbons (Fsp3) is 0.464. The number of carbonyl (C=O) groups excluding carboxylic acids is 1. The third kappa shape index (κ3) is 6.93. The molecule has 0 unspecified atom stereocenters. The van der Waals surface area contributed by atoms with E-state index in [4.69, 9.17) is 22.2 Å². The van der Waals surface area contributed by atoms with Crippen molar-refractivity contribution in [2.75, 3.05) is 49.2 Å². The molecule has 0 bridgehead atoms. The Morgan fingerprint density at radius 2 is 1.88 bits per heavy atom. The van der Waals surface area contributed by atoms with E-state index in [0.29, 0.717) is 31.0 Å². The van der Waals surface area contributed by atoms with Crippen molar-refractivity contribution in [1.29, 1.82) is 5.26 Å². The van der Waals surface area contributed by atoms with Crippen LogP contribution in [0.2, 0.25) is 0 Å². The second-order valence-electron chi connectivity index (χ2n) is 10.2. The lowest BCUT2D eigenvalue weighted by atomic mass is 10.0. The normalized spacial score (nSPS) is 18.8. The van der Waals surface area contributed by atoms with Crippen LogP contribution in [0.3, 0.4) is 0 Å². The number of thiocarbonyl (C=S) groups is 1. The van der Waals surface area contributed by atoms with E-state index < -0.39 is 28.7 Å². The van der Waals surface area contributed by atoms with Crippen LogP contribution in [0.4, 0.5) is 24.5 Å². The van der Waals surface area contributed by atoms with Crippen molar-refractivity contribution in [3.63, 3.8) is 0 Å². The van der Waals surface area contributed by atoms with Gasteiger partial charge in [-0.2, -0.15) is 18.4 Å². The van der Waals surface area contributed by atoms with Gasteiger partial charge in [0.05, 0.1) is 29.5 Å². The monoisotopic (exact) mass is 647 g/mol. The minimum Gasteiger partial charge on any atom is -0.492 e. The molecule has 2 fully saturated rings. The van der Waals surface area contributed by atoms with Gasteiger partial charge in [-0.05, 0) is 74.4 Å². The van der Waals surface area contributed by atoms with Crippen LogP contribution in [0.25, 0.3) is 0 Å². The Morgan fingerprint density at radius 1 is 1.19 bits per heavy atom. The number of nitriles is 1. The van der Waals surface area contributed by atoms with Crippen LogP contribution < -0.4 is 19.9 Å². The molecular weight excluding hydrogens is 614 g/mol. The Balaban J connectivity index is 0.00000308. The summed E-state index contributed by atoms with van der Waals surface area (Å²) < 4.78 is 46.9. The largest absolute Gasteiger partial charge is 0.492 e. The molecule has 4 rings (SSSR count). The van der Waals surface area contributed by atoms with Gasteiger partial charge in [-0.3, -0.25) is 14.6 Å². The number of aliphatic hydroxyl groups is 1. The van der Waals surface area contributed by atoms with Crippen LogP contribution in [-0.4, -0.2) is 72.0 Å². The van der Waals surface area contributed by atoms with Crippen molar-refractivity contribution in [1.82, 2.24) is 10.2 Å². The number of benzene rings is 2. The van der Waals surface area contributed by atoms with Gasteiger partial charge in [0, 0.05) is 37.9 Å². The van der Waals surface area contributed by atoms with Crippen molar-refractivity contribution >= 4 is 59.4 Å². The highest BCUT2D eigenvalue weighted by atomic mass is 35.5. The summed E-state index contributed by atoms with van der Waals surface area (Å²) in [6.07, 6.45) is -4.13. The standard InChI is InChI=1S/C28H32F3N5O3S.2ClH/c1-4-18-13-21(7-8-24(18)39-12-11-34-10-9-33-16-22(34)17-37)36-26(40)35(25(38)27(36,2)3)20-6-5-19(15-32)23(14-20)28(29,30)31;;/h5-8,13-14,22,33,37H,4,9-12,16-17H2,1-3H3;2*1H/t22-;;/m1../s1. The summed E-state index contributed by atoms with van der Waals surface area (Å²) in [6.45, 7) is 8.88. The molecule has 2 aromatic rings. The second-order valence-corrected chi connectivity index (χ2v) is 10.6. The van der Waals surface area contributed by atoms with Crippen LogP contribution >= 0.6 is 37.0 Å². The summed E-state index contributed by atoms with van der Waals surface area (Å²) in [4.78, 5) is 18.4. The topological polar surface area (TPSA) is 92.1 Å². The molecule has 14 heteroatoms. The van der Waals surface area contributed by atoms with Crippen molar-refractivity contribution in [2.24, 2.45) is 0 Å². The van der Waals surface area contributed by atoms with Crippen LogP contribution in [0.1, 0.15) is 37.5 Å². The predicted molar refractivity (Wildman–Crippen MR) is 164 cm³/mol. The molecule has 42 heavy (non-hydrogen) atoms. The van der Waals surface area contributed by atoms with E-state index in [2.05, 4.69) is 10.2 Å². The quantitative estimate of drug-likeness (QED) is 0.404. The SMILES string of the molecule is CCc1cc(N2C(=S)N(c3ccc(C#N)c(C(F)(F)F)c3)C(=O)C2(C)C)ccc1OCCN1CCNC[C@@H]1CO.Cl.Cl. The van der Waals surface area contributed by atoms with Gasteiger partial charge in [-0.1, -0.05) is 6.92 Å². The van der Waals surface area contributed by atoms with Gasteiger partial charge in [0.1, 0.15) is 17.9 Å². The summed E-state index contributed by atoms with van der Waals surface area (Å²) in [5.41, 5.74) is -1.39. The predicted octanol–water partition coefficient (Wildman–Crippen LogP) is 4.54. The number of rotatable bonds is 8. The minimum atomic E-state index is -4.77. The molecule has 0 saturated carbocycles. The van der Waals surface area contributed by atoms with Gasteiger partial charge in [-0.15, -0.1) is 24.8 Å². The molecule has 1 atom stereocenters. The molecule has 0 spiro atoms. The molecule has 2 aromatic carbocycles. The number of nitrogens with one attached hydrogen (secondary N) is 1. The minimum absolute atomic E-state index is 0. The molecular formula is C28H34Cl2F3N5O3S. The summed E-state index contributed by atoms with van der Waals surface area (Å²) in [6, 6.07) is 10.2. The number of piperazine rings is 1. The lowest BCUT2D eigenvalue weighted by Gasteiger charge is -2.35. The third-order valence-electron chi connectivity index (χ3n) is 7.36. The fourth-order valence-corrected chi connectivity index (χ4v) is 5.65. The van der Waals surface area contributed by atoms with Crippen LogP contribution in [0.15, 0.2) is 36.4 Å². The average Bonchev–Trinajstić information content (AvgIpc) is 3.11. The van der Waals surface area contributed by atoms with E-state index in [9.17, 15) is 23.1 Å². The first-order valence-electron chi connectivity index (χ1n) is 13.1. The molecule has 0 aliphatic carbocycles. The van der Waals surface area contributed by atoms with Gasteiger partial charge in [0.15, 0.2) is 5.11 Å². The average molecular weight is 649 g/mol. The van der Waals surface area contributed by atoms with E-state index in [0.717, 1.165) is 42.2 Å². The van der Waals surface area contributed by atoms with Gasteiger partial charge < -0.3 is 20.1 Å². The Kier molecular flexibility index (Phi) is 12.0. The Hall–Kier alpha value is -2.66. The molecule has 0 aromatic heterocycles. The maximum absolute atomic E-state index is 13.6. The maximum Gasteiger partial charge on any atom is 0.417 e. The molecule has 2 saturated heterocycles. The van der Waals surface area contributed by atoms with Crippen LogP contribution in [0.5, 0.6) is 5.75 Å². The number of aliphatic hydroxyl groups excluding tert-OH is 1. The molecule has 8 nitrogen and oxygen atoms in total. The highest BCUT2D eigenvalue weighted by molar-refractivity contribution is 7.81. The summed E-state index contributed by atoms with van der Waals surface area (Å²) in [5, 5.41) is 22.1. The molecule has 2 N–H and O–H groups in total. The molecule has 2 aliphatic rings. The molecule has 230 valence electrons. The first-order valence-corrected chi connectivity index (χ1v) is 13.5. The number of amides is 1. The highest BCUT2D eigenvalue weighted by Gasteiger charge is 2.50.